The van der Waals surface area contributed by atoms with E-state index in [1.165, 1.54) is 0 Å². The summed E-state index contributed by atoms with van der Waals surface area (Å²) in [4.78, 5) is 32.9. The number of amides is 1. The second-order valence-electron chi connectivity index (χ2n) is 7.89. The van der Waals surface area contributed by atoms with Gasteiger partial charge in [0, 0.05) is 34.8 Å². The number of pyridine rings is 1. The number of nitrogens with one attached hydrogen (secondary N) is 2. The van der Waals surface area contributed by atoms with Crippen LogP contribution in [0.5, 0.6) is 0 Å². The highest BCUT2D eigenvalue weighted by molar-refractivity contribution is 6.42. The summed E-state index contributed by atoms with van der Waals surface area (Å²) < 4.78 is 5.23. The molecule has 5 rings (SSSR count). The van der Waals surface area contributed by atoms with Gasteiger partial charge in [0.2, 0.25) is 5.91 Å². The third-order valence-corrected chi connectivity index (χ3v) is 6.22. The van der Waals surface area contributed by atoms with E-state index in [4.69, 9.17) is 27.7 Å². The lowest BCUT2D eigenvalue weighted by molar-refractivity contribution is -0.117. The molecule has 7 nitrogen and oxygen atoms in total. The molecule has 32 heavy (non-hydrogen) atoms. The third kappa shape index (κ3) is 3.47. The number of hydrogen-bond donors (Lipinski definition) is 2. The summed E-state index contributed by atoms with van der Waals surface area (Å²) in [5.41, 5.74) is 3.38. The van der Waals surface area contributed by atoms with E-state index in [1.54, 1.807) is 37.5 Å². The van der Waals surface area contributed by atoms with Gasteiger partial charge >= 0.3 is 0 Å². The lowest BCUT2D eigenvalue weighted by atomic mass is 9.98. The number of halogens is 2. The third-order valence-electron chi connectivity index (χ3n) is 5.63. The molecule has 1 aromatic carbocycles. The molecule has 1 aliphatic rings. The first-order chi connectivity index (χ1) is 15.3. The molecule has 0 bridgehead atoms. The molecular weight excluding hydrogens is 451 g/mol. The van der Waals surface area contributed by atoms with Gasteiger partial charge in [-0.3, -0.25) is 9.59 Å². The van der Waals surface area contributed by atoms with Crippen molar-refractivity contribution in [1.29, 1.82) is 0 Å². The summed E-state index contributed by atoms with van der Waals surface area (Å²) in [5, 5.41) is 7.87. The van der Waals surface area contributed by atoms with Crippen molar-refractivity contribution in [3.63, 3.8) is 0 Å². The number of aromatic nitrogens is 3. The lowest BCUT2D eigenvalue weighted by Gasteiger charge is -2.09. The fourth-order valence-corrected chi connectivity index (χ4v) is 4.52. The van der Waals surface area contributed by atoms with E-state index in [9.17, 15) is 9.59 Å². The highest BCUT2D eigenvalue weighted by atomic mass is 35.5. The van der Waals surface area contributed by atoms with Gasteiger partial charge in [0.05, 0.1) is 26.8 Å². The number of carbonyl (C=O) groups excluding carboxylic acids is 2. The van der Waals surface area contributed by atoms with Crippen LogP contribution >= 0.6 is 23.2 Å². The Morgan fingerprint density at radius 1 is 1.19 bits per heavy atom. The number of aromatic amines is 1. The van der Waals surface area contributed by atoms with E-state index in [-0.39, 0.29) is 33.2 Å². The minimum atomic E-state index is -0.331. The SMILES string of the molecule is Cc1noc(C)c1-c1cc(Cl)c(C(=O)c2c[nH]c3c(NC(=O)C4CC4)nccc23)c(Cl)c1. The molecule has 0 aliphatic heterocycles. The zero-order chi connectivity index (χ0) is 22.6. The van der Waals surface area contributed by atoms with Crippen LogP contribution < -0.4 is 5.32 Å². The van der Waals surface area contributed by atoms with Crippen molar-refractivity contribution < 1.29 is 14.1 Å². The van der Waals surface area contributed by atoms with Crippen molar-refractivity contribution >= 4 is 51.6 Å². The van der Waals surface area contributed by atoms with E-state index in [2.05, 4.69) is 20.4 Å². The van der Waals surface area contributed by atoms with Gasteiger partial charge in [-0.05, 0) is 50.5 Å². The van der Waals surface area contributed by atoms with Crippen molar-refractivity contribution in [2.24, 2.45) is 5.92 Å². The number of aryl methyl sites for hydroxylation is 2. The Morgan fingerprint density at radius 2 is 1.91 bits per heavy atom. The first-order valence-corrected chi connectivity index (χ1v) is 10.8. The number of hydrogen-bond acceptors (Lipinski definition) is 5. The monoisotopic (exact) mass is 468 g/mol. The quantitative estimate of drug-likeness (QED) is 0.364. The van der Waals surface area contributed by atoms with Crippen molar-refractivity contribution in [2.45, 2.75) is 26.7 Å². The molecule has 1 saturated carbocycles. The number of H-pyrrole nitrogens is 1. The van der Waals surface area contributed by atoms with Crippen LogP contribution in [0.1, 0.15) is 40.2 Å². The Hall–Kier alpha value is -3.16. The molecule has 3 aromatic heterocycles. The molecule has 0 radical (unpaired) electrons. The topological polar surface area (TPSA) is 101 Å². The van der Waals surface area contributed by atoms with Crippen LogP contribution in [0.15, 0.2) is 35.1 Å². The van der Waals surface area contributed by atoms with Gasteiger partial charge in [-0.25, -0.2) is 4.98 Å². The first kappa shape index (κ1) is 20.7. The van der Waals surface area contributed by atoms with Crippen molar-refractivity contribution in [2.75, 3.05) is 5.32 Å². The van der Waals surface area contributed by atoms with Crippen LogP contribution in [0, 0.1) is 19.8 Å². The van der Waals surface area contributed by atoms with E-state index in [1.807, 2.05) is 6.92 Å². The number of rotatable bonds is 5. The Morgan fingerprint density at radius 3 is 2.53 bits per heavy atom. The lowest BCUT2D eigenvalue weighted by Crippen LogP contribution is -2.14. The van der Waals surface area contributed by atoms with E-state index in [0.717, 1.165) is 24.0 Å². The van der Waals surface area contributed by atoms with Gasteiger partial charge in [0.1, 0.15) is 5.76 Å². The van der Waals surface area contributed by atoms with Crippen molar-refractivity contribution in [3.05, 3.63) is 63.2 Å². The van der Waals surface area contributed by atoms with E-state index >= 15 is 0 Å². The number of carbonyl (C=O) groups is 2. The standard InChI is InChI=1S/C23H18Cl2N4O3/c1-10-18(11(2)32-29-10)13-7-16(24)19(17(25)8-13)21(30)15-9-27-20-14(15)5-6-26-22(20)28-23(31)12-3-4-12/h5-9,12,27H,3-4H2,1-2H3,(H,26,28,31). The minimum Gasteiger partial charge on any atom is -0.361 e. The maximum atomic E-state index is 13.4. The second-order valence-corrected chi connectivity index (χ2v) is 8.71. The van der Waals surface area contributed by atoms with Gasteiger partial charge in [-0.15, -0.1) is 0 Å². The molecule has 2 N–H and O–H groups in total. The molecule has 1 amide bonds. The number of nitrogens with zero attached hydrogens (tertiary/aromatic N) is 2. The Bertz CT molecular complexity index is 1360. The van der Waals surface area contributed by atoms with Crippen LogP contribution in [0.3, 0.4) is 0 Å². The van der Waals surface area contributed by atoms with Crippen LogP contribution in [-0.4, -0.2) is 26.8 Å². The highest BCUT2D eigenvalue weighted by Gasteiger charge is 2.30. The summed E-state index contributed by atoms with van der Waals surface area (Å²) in [6, 6.07) is 5.08. The average Bonchev–Trinajstić information content (AvgIpc) is 3.42. The molecule has 3 heterocycles. The number of anilines is 1. The molecule has 1 aliphatic carbocycles. The van der Waals surface area contributed by atoms with Crippen LogP contribution in [0.25, 0.3) is 22.0 Å². The molecule has 0 spiro atoms. The number of fused-ring (bicyclic) bond motifs is 1. The summed E-state index contributed by atoms with van der Waals surface area (Å²) in [6.07, 6.45) is 4.91. The van der Waals surface area contributed by atoms with Crippen molar-refractivity contribution in [3.8, 4) is 11.1 Å². The number of benzene rings is 1. The van der Waals surface area contributed by atoms with Gasteiger partial charge in [0.25, 0.3) is 0 Å². The molecule has 0 atom stereocenters. The van der Waals surface area contributed by atoms with Gasteiger partial charge in [-0.2, -0.15) is 0 Å². The predicted octanol–water partition coefficient (Wildman–Crippen LogP) is 5.72. The maximum Gasteiger partial charge on any atom is 0.228 e. The summed E-state index contributed by atoms with van der Waals surface area (Å²) >= 11 is 13.1. The maximum absolute atomic E-state index is 13.4. The zero-order valence-corrected chi connectivity index (χ0v) is 18.8. The van der Waals surface area contributed by atoms with Crippen LogP contribution in [0.2, 0.25) is 10.0 Å². The molecule has 0 saturated heterocycles. The smallest absolute Gasteiger partial charge is 0.228 e. The fourth-order valence-electron chi connectivity index (χ4n) is 3.87. The average molecular weight is 469 g/mol. The Kier molecular flexibility index (Phi) is 5.03. The summed E-state index contributed by atoms with van der Waals surface area (Å²) in [7, 11) is 0. The molecule has 1 fully saturated rings. The zero-order valence-electron chi connectivity index (χ0n) is 17.3. The van der Waals surface area contributed by atoms with Gasteiger partial charge < -0.3 is 14.8 Å². The van der Waals surface area contributed by atoms with Crippen LogP contribution in [-0.2, 0) is 4.79 Å². The molecule has 9 heteroatoms. The van der Waals surface area contributed by atoms with Crippen LogP contribution in [0.4, 0.5) is 5.82 Å². The van der Waals surface area contributed by atoms with Gasteiger partial charge in [0.15, 0.2) is 11.6 Å². The van der Waals surface area contributed by atoms with E-state index in [0.29, 0.717) is 33.7 Å². The number of ketones is 1. The molecule has 0 unspecified atom stereocenters. The first-order valence-electron chi connectivity index (χ1n) is 10.1. The summed E-state index contributed by atoms with van der Waals surface area (Å²) in [5.74, 6) is 0.677. The van der Waals surface area contributed by atoms with E-state index < -0.39 is 0 Å². The molecule has 4 aromatic rings. The molecular formula is C23H18Cl2N4O3. The Balaban J connectivity index is 1.54. The van der Waals surface area contributed by atoms with Gasteiger partial charge in [-0.1, -0.05) is 28.4 Å². The highest BCUT2D eigenvalue weighted by Crippen LogP contribution is 2.37. The molecule has 162 valence electrons. The normalized spacial score (nSPS) is 13.5. The Labute approximate surface area is 193 Å². The second kappa shape index (κ2) is 7.76. The fraction of sp³-hybridized carbons (Fsp3) is 0.217. The largest absolute Gasteiger partial charge is 0.361 e. The van der Waals surface area contributed by atoms with Crippen molar-refractivity contribution in [1.82, 2.24) is 15.1 Å². The minimum absolute atomic E-state index is 0.0388. The predicted molar refractivity (Wildman–Crippen MR) is 122 cm³/mol. The summed E-state index contributed by atoms with van der Waals surface area (Å²) in [6.45, 7) is 3.63.